The third-order valence-electron chi connectivity index (χ3n) is 6.27. The van der Waals surface area contributed by atoms with E-state index in [0.29, 0.717) is 0 Å². The van der Waals surface area contributed by atoms with Gasteiger partial charge in [-0.3, -0.25) is 9.69 Å². The van der Waals surface area contributed by atoms with Crippen LogP contribution in [0.15, 0.2) is 23.2 Å². The first-order chi connectivity index (χ1) is 15.2. The lowest BCUT2D eigenvalue weighted by Gasteiger charge is -2.41. The predicted octanol–water partition coefficient (Wildman–Crippen LogP) is 2.84. The number of hydrogen-bond acceptors (Lipinski definition) is 6. The summed E-state index contributed by atoms with van der Waals surface area (Å²) in [6.07, 6.45) is 0.770. The second-order valence-corrected chi connectivity index (χ2v) is 9.34. The summed E-state index contributed by atoms with van der Waals surface area (Å²) in [4.78, 5) is 28.4. The van der Waals surface area contributed by atoms with Crippen molar-refractivity contribution in [3.8, 4) is 0 Å². The Labute approximate surface area is 186 Å². The number of nitrogens with one attached hydrogen (secondary N) is 1. The van der Waals surface area contributed by atoms with E-state index in [2.05, 4.69) is 37.1 Å². The minimum atomic E-state index is -5.08. The molecule has 2 aliphatic heterocycles. The van der Waals surface area contributed by atoms with Crippen LogP contribution in [0.2, 0.25) is 0 Å². The number of carboxylic acid groups (broad SMARTS) is 1. The van der Waals surface area contributed by atoms with Crippen molar-refractivity contribution in [3.63, 3.8) is 0 Å². The Morgan fingerprint density at radius 2 is 2.00 bits per heavy atom. The number of halogens is 3. The SMILES string of the molecule is O=C(NC1c2ncnn2CCC12CCN(Cc1ccsc1)C2)C1CC1.O=C(O)C(F)(F)F. The number of aromatic nitrogens is 3. The lowest BCUT2D eigenvalue weighted by molar-refractivity contribution is -0.192. The van der Waals surface area contributed by atoms with Crippen LogP contribution in [0.5, 0.6) is 0 Å². The standard InChI is InChI=1S/C18H23N5OS.C2HF3O2/c24-17(14-1-2-14)21-15-16-19-12-20-23(16)7-5-18(15)4-6-22(11-18)9-13-3-8-25-10-13;3-2(4,5)1(6)7/h3,8,10,12,14-15H,1-2,4-7,9,11H2,(H,21,24);(H,6,7). The van der Waals surface area contributed by atoms with E-state index in [1.54, 1.807) is 17.7 Å². The zero-order chi connectivity index (χ0) is 22.9. The molecule has 2 atom stereocenters. The summed E-state index contributed by atoms with van der Waals surface area (Å²) >= 11 is 1.76. The Morgan fingerprint density at radius 1 is 1.28 bits per heavy atom. The van der Waals surface area contributed by atoms with Gasteiger partial charge >= 0.3 is 12.1 Å². The van der Waals surface area contributed by atoms with Crippen molar-refractivity contribution in [1.29, 1.82) is 0 Å². The quantitative estimate of drug-likeness (QED) is 0.711. The van der Waals surface area contributed by atoms with Gasteiger partial charge in [0.15, 0.2) is 0 Å². The second kappa shape index (κ2) is 8.81. The van der Waals surface area contributed by atoms with Gasteiger partial charge < -0.3 is 10.4 Å². The molecule has 1 saturated heterocycles. The number of alkyl halides is 3. The van der Waals surface area contributed by atoms with Crippen LogP contribution in [0.1, 0.15) is 43.1 Å². The molecule has 1 saturated carbocycles. The summed E-state index contributed by atoms with van der Waals surface area (Å²) in [6.45, 7) is 4.00. The van der Waals surface area contributed by atoms with Gasteiger partial charge in [0.2, 0.25) is 5.91 Å². The van der Waals surface area contributed by atoms with Gasteiger partial charge in [-0.1, -0.05) is 0 Å². The molecule has 8 nitrogen and oxygen atoms in total. The van der Waals surface area contributed by atoms with E-state index in [1.807, 2.05) is 4.68 Å². The van der Waals surface area contributed by atoms with Crippen molar-refractivity contribution >= 4 is 23.2 Å². The van der Waals surface area contributed by atoms with Crippen molar-refractivity contribution in [2.24, 2.45) is 11.3 Å². The molecule has 2 aromatic rings. The zero-order valence-corrected chi connectivity index (χ0v) is 18.0. The van der Waals surface area contributed by atoms with Crippen LogP contribution in [0, 0.1) is 11.3 Å². The van der Waals surface area contributed by atoms with Crippen molar-refractivity contribution in [1.82, 2.24) is 25.0 Å². The first-order valence-electron chi connectivity index (χ1n) is 10.4. The van der Waals surface area contributed by atoms with E-state index >= 15 is 0 Å². The molecule has 0 radical (unpaired) electrons. The molecule has 12 heteroatoms. The summed E-state index contributed by atoms with van der Waals surface area (Å²) in [5, 5.41) is 19.2. The Morgan fingerprint density at radius 3 is 2.62 bits per heavy atom. The molecular formula is C20H24F3N5O3S. The van der Waals surface area contributed by atoms with Gasteiger partial charge in [0, 0.05) is 31.0 Å². The maximum atomic E-state index is 12.5. The molecule has 174 valence electrons. The molecule has 3 aliphatic rings. The fourth-order valence-corrected chi connectivity index (χ4v) is 5.10. The topological polar surface area (TPSA) is 100 Å². The number of nitrogens with zero attached hydrogens (tertiary/aromatic N) is 4. The highest BCUT2D eigenvalue weighted by molar-refractivity contribution is 7.07. The zero-order valence-electron chi connectivity index (χ0n) is 17.2. The summed E-state index contributed by atoms with van der Waals surface area (Å²) in [5.74, 6) is -1.39. The average Bonchev–Trinajstić information content (AvgIpc) is 3.11. The van der Waals surface area contributed by atoms with Crippen LogP contribution in [-0.2, 0) is 22.7 Å². The Hall–Kier alpha value is -2.47. The minimum absolute atomic E-state index is 0.00988. The van der Waals surface area contributed by atoms with Crippen molar-refractivity contribution in [2.75, 3.05) is 13.1 Å². The molecule has 2 aromatic heterocycles. The van der Waals surface area contributed by atoms with E-state index in [-0.39, 0.29) is 23.3 Å². The van der Waals surface area contributed by atoms with Gasteiger partial charge in [-0.15, -0.1) is 0 Å². The van der Waals surface area contributed by atoms with Crippen molar-refractivity contribution in [3.05, 3.63) is 34.5 Å². The Bertz CT molecular complexity index is 960. The van der Waals surface area contributed by atoms with E-state index in [9.17, 15) is 18.0 Å². The van der Waals surface area contributed by atoms with Crippen molar-refractivity contribution < 1.29 is 27.9 Å². The molecular weight excluding hydrogens is 447 g/mol. The largest absolute Gasteiger partial charge is 0.490 e. The van der Waals surface area contributed by atoms with Gasteiger partial charge in [-0.2, -0.15) is 29.6 Å². The minimum Gasteiger partial charge on any atom is -0.475 e. The molecule has 0 bridgehead atoms. The van der Waals surface area contributed by atoms with Gasteiger partial charge in [0.25, 0.3) is 0 Å². The van der Waals surface area contributed by atoms with Gasteiger partial charge in [-0.05, 0) is 54.6 Å². The van der Waals surface area contributed by atoms with Crippen LogP contribution >= 0.6 is 11.3 Å². The molecule has 5 rings (SSSR count). The number of thiophene rings is 1. The molecule has 2 fully saturated rings. The van der Waals surface area contributed by atoms with E-state index in [4.69, 9.17) is 9.90 Å². The highest BCUT2D eigenvalue weighted by Gasteiger charge is 2.50. The number of carboxylic acids is 1. The average molecular weight is 472 g/mol. The van der Waals surface area contributed by atoms with Crippen LogP contribution in [0.3, 0.4) is 0 Å². The van der Waals surface area contributed by atoms with E-state index in [0.717, 1.165) is 57.7 Å². The number of carbonyl (C=O) groups excluding carboxylic acids is 1. The predicted molar refractivity (Wildman–Crippen MR) is 109 cm³/mol. The van der Waals surface area contributed by atoms with E-state index < -0.39 is 12.1 Å². The van der Waals surface area contributed by atoms with Crippen LogP contribution in [-0.4, -0.2) is 55.9 Å². The first-order valence-corrected chi connectivity index (χ1v) is 11.3. The molecule has 4 heterocycles. The summed E-state index contributed by atoms with van der Waals surface area (Å²) in [6, 6.07) is 2.20. The van der Waals surface area contributed by atoms with Gasteiger partial charge in [-0.25, -0.2) is 14.5 Å². The number of amides is 1. The third kappa shape index (κ3) is 4.96. The number of carbonyl (C=O) groups is 2. The first kappa shape index (κ1) is 22.7. The molecule has 1 amide bonds. The van der Waals surface area contributed by atoms with Crippen LogP contribution in [0.25, 0.3) is 0 Å². The molecule has 1 aliphatic carbocycles. The maximum Gasteiger partial charge on any atom is 0.490 e. The summed E-state index contributed by atoms with van der Waals surface area (Å²) in [7, 11) is 0. The monoisotopic (exact) mass is 471 g/mol. The molecule has 32 heavy (non-hydrogen) atoms. The number of fused-ring (bicyclic) bond motifs is 1. The Balaban J connectivity index is 0.000000307. The lowest BCUT2D eigenvalue weighted by Crippen LogP contribution is -2.47. The molecule has 1 spiro atoms. The fraction of sp³-hybridized carbons (Fsp3) is 0.600. The highest BCUT2D eigenvalue weighted by atomic mass is 32.1. The number of hydrogen-bond donors (Lipinski definition) is 2. The lowest BCUT2D eigenvalue weighted by atomic mass is 9.74. The highest BCUT2D eigenvalue weighted by Crippen LogP contribution is 2.48. The number of rotatable bonds is 4. The summed E-state index contributed by atoms with van der Waals surface area (Å²) in [5.41, 5.74) is 1.48. The Kier molecular flexibility index (Phi) is 6.26. The third-order valence-corrected chi connectivity index (χ3v) is 7.00. The number of aryl methyl sites for hydroxylation is 1. The second-order valence-electron chi connectivity index (χ2n) is 8.56. The number of likely N-dealkylation sites (tertiary alicyclic amines) is 1. The van der Waals surface area contributed by atoms with Gasteiger partial charge in [0.05, 0.1) is 6.04 Å². The number of aliphatic carboxylic acids is 1. The molecule has 2 N–H and O–H groups in total. The van der Waals surface area contributed by atoms with Crippen LogP contribution in [0.4, 0.5) is 13.2 Å². The normalized spacial score (nSPS) is 25.2. The summed E-state index contributed by atoms with van der Waals surface area (Å²) < 4.78 is 33.7. The van der Waals surface area contributed by atoms with E-state index in [1.165, 1.54) is 5.56 Å². The molecule has 0 aromatic carbocycles. The smallest absolute Gasteiger partial charge is 0.475 e. The fourth-order valence-electron chi connectivity index (χ4n) is 4.44. The van der Waals surface area contributed by atoms with Crippen LogP contribution < -0.4 is 5.32 Å². The molecule has 2 unspecified atom stereocenters. The van der Waals surface area contributed by atoms with Crippen molar-refractivity contribution in [2.45, 2.75) is 51.0 Å². The van der Waals surface area contributed by atoms with Gasteiger partial charge in [0.1, 0.15) is 12.2 Å². The maximum absolute atomic E-state index is 12.5.